The summed E-state index contributed by atoms with van der Waals surface area (Å²) in [6, 6.07) is 0. The van der Waals surface area contributed by atoms with Gasteiger partial charge >= 0.3 is 0 Å². The van der Waals surface area contributed by atoms with E-state index < -0.39 is 0 Å². The molecular weight excluding hydrogens is 110 g/mol. The van der Waals surface area contributed by atoms with Crippen LogP contribution in [-0.4, -0.2) is 13.1 Å². The Kier molecular flexibility index (Phi) is 1.26. The average molecular weight is 125 g/mol. The second kappa shape index (κ2) is 1.98. The second-order valence-corrected chi connectivity index (χ2v) is 3.44. The first-order valence-corrected chi connectivity index (χ1v) is 4.14. The molecule has 9 heavy (non-hydrogen) atoms. The Balaban J connectivity index is 1.81. The molecule has 0 aromatic heterocycles. The normalized spacial score (nSPS) is 47.0. The number of fused-ring (bicyclic) bond motifs is 1. The summed E-state index contributed by atoms with van der Waals surface area (Å²) in [5.41, 5.74) is 0. The minimum absolute atomic E-state index is 1.09. The second-order valence-electron chi connectivity index (χ2n) is 3.44. The molecule has 0 bridgehead atoms. The largest absolute Gasteiger partial charge is 0.316 e. The van der Waals surface area contributed by atoms with Gasteiger partial charge in [-0.15, -0.1) is 0 Å². The van der Waals surface area contributed by atoms with Crippen LogP contribution in [0.1, 0.15) is 19.8 Å². The van der Waals surface area contributed by atoms with Gasteiger partial charge in [-0.3, -0.25) is 0 Å². The highest BCUT2D eigenvalue weighted by Gasteiger charge is 2.51. The first kappa shape index (κ1) is 5.72. The molecule has 1 saturated heterocycles. The van der Waals surface area contributed by atoms with E-state index in [4.69, 9.17) is 0 Å². The lowest BCUT2D eigenvalue weighted by Gasteiger charge is -1.99. The molecule has 0 aromatic carbocycles. The highest BCUT2D eigenvalue weighted by atomic mass is 15.0. The predicted molar refractivity (Wildman–Crippen MR) is 38.2 cm³/mol. The topological polar surface area (TPSA) is 12.0 Å². The minimum Gasteiger partial charge on any atom is -0.316 e. The first-order chi connectivity index (χ1) is 4.43. The third-order valence-corrected chi connectivity index (χ3v) is 2.89. The smallest absolute Gasteiger partial charge is 0.00144 e. The van der Waals surface area contributed by atoms with Crippen LogP contribution in [-0.2, 0) is 0 Å². The Labute approximate surface area is 56.8 Å². The van der Waals surface area contributed by atoms with E-state index in [1.807, 2.05) is 0 Å². The van der Waals surface area contributed by atoms with Crippen LogP contribution in [0.3, 0.4) is 0 Å². The Morgan fingerprint density at radius 1 is 1.33 bits per heavy atom. The van der Waals surface area contributed by atoms with Gasteiger partial charge in [0.2, 0.25) is 0 Å². The lowest BCUT2D eigenvalue weighted by Crippen LogP contribution is -2.14. The monoisotopic (exact) mass is 125 g/mol. The Morgan fingerprint density at radius 3 is 2.56 bits per heavy atom. The average Bonchev–Trinajstić information content (AvgIpc) is 2.39. The van der Waals surface area contributed by atoms with Crippen molar-refractivity contribution in [3.8, 4) is 0 Å². The van der Waals surface area contributed by atoms with Crippen molar-refractivity contribution in [2.45, 2.75) is 19.8 Å². The molecule has 2 unspecified atom stereocenters. The van der Waals surface area contributed by atoms with Gasteiger partial charge in [-0.2, -0.15) is 0 Å². The quantitative estimate of drug-likeness (QED) is 0.585. The Bertz CT molecular complexity index is 101. The van der Waals surface area contributed by atoms with E-state index in [1.54, 1.807) is 0 Å². The SMILES string of the molecule is CCCC1C2CNCC12. The van der Waals surface area contributed by atoms with Crippen molar-refractivity contribution in [1.82, 2.24) is 5.32 Å². The van der Waals surface area contributed by atoms with Gasteiger partial charge in [0.1, 0.15) is 0 Å². The lowest BCUT2D eigenvalue weighted by molar-refractivity contribution is 0.553. The molecule has 0 spiro atoms. The molecule has 2 aliphatic rings. The van der Waals surface area contributed by atoms with Gasteiger partial charge in [-0.1, -0.05) is 19.8 Å². The molecule has 2 fully saturated rings. The van der Waals surface area contributed by atoms with E-state index in [1.165, 1.54) is 25.9 Å². The van der Waals surface area contributed by atoms with Crippen LogP contribution in [0.2, 0.25) is 0 Å². The first-order valence-electron chi connectivity index (χ1n) is 4.14. The van der Waals surface area contributed by atoms with Gasteiger partial charge in [-0.25, -0.2) is 0 Å². The van der Waals surface area contributed by atoms with Crippen LogP contribution < -0.4 is 5.32 Å². The van der Waals surface area contributed by atoms with E-state index in [0.717, 1.165) is 17.8 Å². The van der Waals surface area contributed by atoms with Crippen LogP contribution >= 0.6 is 0 Å². The van der Waals surface area contributed by atoms with Crippen molar-refractivity contribution < 1.29 is 0 Å². The number of hydrogen-bond acceptors (Lipinski definition) is 1. The zero-order valence-corrected chi connectivity index (χ0v) is 6.06. The lowest BCUT2D eigenvalue weighted by atomic mass is 10.2. The van der Waals surface area contributed by atoms with E-state index in [-0.39, 0.29) is 0 Å². The maximum Gasteiger partial charge on any atom is -0.00144 e. The summed E-state index contributed by atoms with van der Waals surface area (Å²) >= 11 is 0. The maximum absolute atomic E-state index is 3.41. The molecule has 1 aliphatic carbocycles. The van der Waals surface area contributed by atoms with Gasteiger partial charge in [0.05, 0.1) is 0 Å². The summed E-state index contributed by atoms with van der Waals surface area (Å²) in [7, 11) is 0. The molecule has 1 heteroatoms. The highest BCUT2D eigenvalue weighted by molar-refractivity contribution is 5.03. The van der Waals surface area contributed by atoms with Gasteiger partial charge in [0.15, 0.2) is 0 Å². The number of hydrogen-bond donors (Lipinski definition) is 1. The fourth-order valence-corrected chi connectivity index (χ4v) is 2.31. The molecule has 1 heterocycles. The van der Waals surface area contributed by atoms with Crippen LogP contribution in [0.15, 0.2) is 0 Å². The van der Waals surface area contributed by atoms with E-state index in [2.05, 4.69) is 12.2 Å². The zero-order valence-electron chi connectivity index (χ0n) is 6.06. The fraction of sp³-hybridized carbons (Fsp3) is 1.00. The van der Waals surface area contributed by atoms with Gasteiger partial charge < -0.3 is 5.32 Å². The van der Waals surface area contributed by atoms with Crippen molar-refractivity contribution >= 4 is 0 Å². The van der Waals surface area contributed by atoms with Crippen LogP contribution in [0.4, 0.5) is 0 Å². The molecule has 2 atom stereocenters. The van der Waals surface area contributed by atoms with Gasteiger partial charge in [0.25, 0.3) is 0 Å². The number of nitrogens with one attached hydrogen (secondary N) is 1. The zero-order chi connectivity index (χ0) is 6.27. The van der Waals surface area contributed by atoms with Crippen LogP contribution in [0, 0.1) is 17.8 Å². The van der Waals surface area contributed by atoms with Crippen LogP contribution in [0.5, 0.6) is 0 Å². The third kappa shape index (κ3) is 0.787. The summed E-state index contributed by atoms with van der Waals surface area (Å²) in [6.45, 7) is 4.92. The van der Waals surface area contributed by atoms with E-state index >= 15 is 0 Å². The Morgan fingerprint density at radius 2 is 2.00 bits per heavy atom. The number of rotatable bonds is 2. The molecule has 1 nitrogen and oxygen atoms in total. The predicted octanol–water partition coefficient (Wildman–Crippen LogP) is 1.25. The van der Waals surface area contributed by atoms with E-state index in [0.29, 0.717) is 0 Å². The molecule has 1 saturated carbocycles. The summed E-state index contributed by atoms with van der Waals surface area (Å²) in [5.74, 6) is 3.30. The highest BCUT2D eigenvalue weighted by Crippen LogP contribution is 2.50. The minimum atomic E-state index is 1.09. The van der Waals surface area contributed by atoms with Crippen molar-refractivity contribution in [3.05, 3.63) is 0 Å². The molecule has 2 rings (SSSR count). The van der Waals surface area contributed by atoms with Crippen LogP contribution in [0.25, 0.3) is 0 Å². The molecule has 52 valence electrons. The summed E-state index contributed by atoms with van der Waals surface area (Å²) in [4.78, 5) is 0. The fourth-order valence-electron chi connectivity index (χ4n) is 2.31. The van der Waals surface area contributed by atoms with Crippen molar-refractivity contribution in [2.24, 2.45) is 17.8 Å². The standard InChI is InChI=1S/C8H15N/c1-2-3-6-7-4-9-5-8(6)7/h6-9H,2-5H2,1H3. The summed E-state index contributed by atoms with van der Waals surface area (Å²) < 4.78 is 0. The van der Waals surface area contributed by atoms with Crippen molar-refractivity contribution in [1.29, 1.82) is 0 Å². The van der Waals surface area contributed by atoms with Crippen molar-refractivity contribution in [2.75, 3.05) is 13.1 Å². The maximum atomic E-state index is 3.41. The van der Waals surface area contributed by atoms with Gasteiger partial charge in [-0.05, 0) is 30.8 Å². The molecular formula is C8H15N. The van der Waals surface area contributed by atoms with E-state index in [9.17, 15) is 0 Å². The molecule has 1 N–H and O–H groups in total. The summed E-state index contributed by atoms with van der Waals surface area (Å²) in [6.07, 6.45) is 2.87. The number of piperidine rings is 1. The Hall–Kier alpha value is -0.0400. The summed E-state index contributed by atoms with van der Waals surface area (Å²) in [5, 5.41) is 3.41. The molecule has 1 aliphatic heterocycles. The molecule has 0 aromatic rings. The third-order valence-electron chi connectivity index (χ3n) is 2.89. The van der Waals surface area contributed by atoms with Gasteiger partial charge in [0, 0.05) is 0 Å². The molecule has 0 amide bonds. The van der Waals surface area contributed by atoms with Crippen molar-refractivity contribution in [3.63, 3.8) is 0 Å². The molecule has 0 radical (unpaired) electrons.